The lowest BCUT2D eigenvalue weighted by atomic mass is 10.0. The Morgan fingerprint density at radius 3 is 2.45 bits per heavy atom. The number of nitrogens with one attached hydrogen (secondary N) is 1. The summed E-state index contributed by atoms with van der Waals surface area (Å²) in [5, 5.41) is 10.8. The number of benzene rings is 2. The van der Waals surface area contributed by atoms with E-state index in [0.717, 1.165) is 4.90 Å². The number of aromatic nitrogens is 1. The van der Waals surface area contributed by atoms with Crippen molar-refractivity contribution in [3.63, 3.8) is 0 Å². The minimum atomic E-state index is -1.20. The summed E-state index contributed by atoms with van der Waals surface area (Å²) in [4.78, 5) is 43.8. The molecule has 3 aromatic rings. The average Bonchev–Trinajstić information content (AvgIpc) is 3.18. The molecule has 0 radical (unpaired) electrons. The highest BCUT2D eigenvalue weighted by Crippen LogP contribution is 2.36. The van der Waals surface area contributed by atoms with Gasteiger partial charge in [0.15, 0.2) is 0 Å². The van der Waals surface area contributed by atoms with Gasteiger partial charge in [-0.1, -0.05) is 55.2 Å². The van der Waals surface area contributed by atoms with E-state index < -0.39 is 18.0 Å². The van der Waals surface area contributed by atoms with E-state index in [4.69, 9.17) is 23.2 Å². The van der Waals surface area contributed by atoms with Crippen molar-refractivity contribution in [3.8, 4) is 0 Å². The summed E-state index contributed by atoms with van der Waals surface area (Å²) >= 11 is 12.4. The summed E-state index contributed by atoms with van der Waals surface area (Å²) in [6, 6.07) is 10.5. The minimum Gasteiger partial charge on any atom is -0.477 e. The van der Waals surface area contributed by atoms with Gasteiger partial charge in [-0.15, -0.1) is 0 Å². The van der Waals surface area contributed by atoms with Crippen molar-refractivity contribution < 1.29 is 19.5 Å². The van der Waals surface area contributed by atoms with E-state index in [9.17, 15) is 19.5 Å². The van der Waals surface area contributed by atoms with E-state index in [1.165, 1.54) is 11.0 Å². The standard InChI is InChI=1S/C22H19Cl2N3O4/c1-11(2)19-20(28)27(13-6-4-3-5-7-13)22(31)26(19)10-14-17-15(24)8-12(23)9-16(17)25-18(14)21(29)30/h3-9,11,19,25H,10H2,1-2H3,(H,29,30). The number of H-pyrrole nitrogens is 1. The number of rotatable bonds is 5. The predicted octanol–water partition coefficient (Wildman–Crippen LogP) is 5.17. The lowest BCUT2D eigenvalue weighted by molar-refractivity contribution is -0.120. The molecular formula is C22H19Cl2N3O4. The van der Waals surface area contributed by atoms with Crippen LogP contribution in [0.25, 0.3) is 10.9 Å². The first-order chi connectivity index (χ1) is 14.7. The molecule has 7 nitrogen and oxygen atoms in total. The van der Waals surface area contributed by atoms with Crippen molar-refractivity contribution in [2.45, 2.75) is 26.4 Å². The van der Waals surface area contributed by atoms with Crippen molar-refractivity contribution in [2.24, 2.45) is 5.92 Å². The number of aromatic carboxylic acids is 1. The lowest BCUT2D eigenvalue weighted by Gasteiger charge is -2.24. The first-order valence-corrected chi connectivity index (χ1v) is 10.4. The van der Waals surface area contributed by atoms with Crippen LogP contribution in [0.4, 0.5) is 10.5 Å². The number of carbonyl (C=O) groups is 3. The van der Waals surface area contributed by atoms with E-state index >= 15 is 0 Å². The normalized spacial score (nSPS) is 16.7. The average molecular weight is 460 g/mol. The summed E-state index contributed by atoms with van der Waals surface area (Å²) in [6.07, 6.45) is 0. The minimum absolute atomic E-state index is 0.0971. The number of urea groups is 1. The number of halogens is 2. The van der Waals surface area contributed by atoms with E-state index in [2.05, 4.69) is 4.98 Å². The van der Waals surface area contributed by atoms with Gasteiger partial charge in [0.25, 0.3) is 5.91 Å². The Labute approximate surface area is 188 Å². The monoisotopic (exact) mass is 459 g/mol. The Kier molecular flexibility index (Phi) is 5.41. The second-order valence-electron chi connectivity index (χ2n) is 7.70. The van der Waals surface area contributed by atoms with Gasteiger partial charge < -0.3 is 15.0 Å². The van der Waals surface area contributed by atoms with Crippen molar-refractivity contribution in [3.05, 3.63) is 63.8 Å². The Hall–Kier alpha value is -3.03. The molecule has 31 heavy (non-hydrogen) atoms. The summed E-state index contributed by atoms with van der Waals surface area (Å²) in [7, 11) is 0. The molecule has 1 unspecified atom stereocenters. The van der Waals surface area contributed by atoms with Crippen LogP contribution in [-0.4, -0.2) is 38.9 Å². The SMILES string of the molecule is CC(C)C1C(=O)N(c2ccccc2)C(=O)N1Cc1c(C(=O)O)[nH]c2cc(Cl)cc(Cl)c12. The van der Waals surface area contributed by atoms with Crippen LogP contribution in [0.2, 0.25) is 10.0 Å². The zero-order valence-corrected chi connectivity index (χ0v) is 18.2. The van der Waals surface area contributed by atoms with Gasteiger partial charge in [-0.25, -0.2) is 14.5 Å². The van der Waals surface area contributed by atoms with Crippen molar-refractivity contribution in [2.75, 3.05) is 4.90 Å². The maximum Gasteiger partial charge on any atom is 0.352 e. The first kappa shape index (κ1) is 21.2. The van der Waals surface area contributed by atoms with Crippen LogP contribution in [0.15, 0.2) is 42.5 Å². The third kappa shape index (κ3) is 3.54. The first-order valence-electron chi connectivity index (χ1n) is 9.63. The van der Waals surface area contributed by atoms with Gasteiger partial charge in [0.1, 0.15) is 11.7 Å². The number of fused-ring (bicyclic) bond motifs is 1. The molecule has 2 N–H and O–H groups in total. The number of aromatic amines is 1. The molecule has 1 atom stereocenters. The number of imide groups is 1. The highest BCUT2D eigenvalue weighted by Gasteiger charge is 2.47. The van der Waals surface area contributed by atoms with E-state index in [-0.39, 0.29) is 29.1 Å². The Balaban J connectivity index is 1.83. The Morgan fingerprint density at radius 2 is 1.84 bits per heavy atom. The zero-order valence-electron chi connectivity index (χ0n) is 16.7. The third-order valence-corrected chi connectivity index (χ3v) is 5.87. The number of hydrogen-bond acceptors (Lipinski definition) is 3. The van der Waals surface area contributed by atoms with Crippen LogP contribution in [0.5, 0.6) is 0 Å². The van der Waals surface area contributed by atoms with Gasteiger partial charge in [0.05, 0.1) is 17.3 Å². The van der Waals surface area contributed by atoms with Crippen molar-refractivity contribution in [1.29, 1.82) is 0 Å². The second-order valence-corrected chi connectivity index (χ2v) is 8.55. The zero-order chi connectivity index (χ0) is 22.4. The van der Waals surface area contributed by atoms with Crippen molar-refractivity contribution in [1.82, 2.24) is 9.88 Å². The van der Waals surface area contributed by atoms with Gasteiger partial charge in [0, 0.05) is 21.5 Å². The summed E-state index contributed by atoms with van der Waals surface area (Å²) < 4.78 is 0. The number of hydrogen-bond donors (Lipinski definition) is 2. The van der Waals surface area contributed by atoms with E-state index in [1.54, 1.807) is 36.4 Å². The quantitative estimate of drug-likeness (QED) is 0.514. The Morgan fingerprint density at radius 1 is 1.16 bits per heavy atom. The van der Waals surface area contributed by atoms with Crippen molar-refractivity contribution >= 4 is 57.7 Å². The molecule has 0 spiro atoms. The smallest absolute Gasteiger partial charge is 0.352 e. The fraction of sp³-hybridized carbons (Fsp3) is 0.227. The molecule has 2 aromatic carbocycles. The predicted molar refractivity (Wildman–Crippen MR) is 119 cm³/mol. The number of carboxylic acids is 1. The summed E-state index contributed by atoms with van der Waals surface area (Å²) in [6.45, 7) is 3.59. The van der Waals surface area contributed by atoms with Gasteiger partial charge in [-0.05, 0) is 30.2 Å². The summed E-state index contributed by atoms with van der Waals surface area (Å²) in [5.41, 5.74) is 1.14. The number of anilines is 1. The molecule has 1 fully saturated rings. The largest absolute Gasteiger partial charge is 0.477 e. The van der Waals surface area contributed by atoms with E-state index in [1.807, 2.05) is 13.8 Å². The van der Waals surface area contributed by atoms with Crippen LogP contribution in [0.1, 0.15) is 29.9 Å². The lowest BCUT2D eigenvalue weighted by Crippen LogP contribution is -2.38. The number of carboxylic acid groups (broad SMARTS) is 1. The number of para-hydroxylation sites is 1. The molecule has 2 heterocycles. The summed E-state index contributed by atoms with van der Waals surface area (Å²) in [5.74, 6) is -1.73. The molecule has 1 saturated heterocycles. The molecule has 1 aliphatic heterocycles. The fourth-order valence-corrected chi connectivity index (χ4v) is 4.67. The molecule has 1 aromatic heterocycles. The highest BCUT2D eigenvalue weighted by atomic mass is 35.5. The molecule has 0 saturated carbocycles. The maximum absolute atomic E-state index is 13.3. The molecule has 4 rings (SSSR count). The topological polar surface area (TPSA) is 93.7 Å². The number of carbonyl (C=O) groups excluding carboxylic acids is 2. The van der Waals surface area contributed by atoms with Crippen LogP contribution in [0, 0.1) is 5.92 Å². The molecule has 1 aliphatic rings. The molecule has 0 bridgehead atoms. The van der Waals surface area contributed by atoms with Gasteiger partial charge in [-0.2, -0.15) is 0 Å². The van der Waals surface area contributed by atoms with Gasteiger partial charge in [0.2, 0.25) is 0 Å². The van der Waals surface area contributed by atoms with Gasteiger partial charge >= 0.3 is 12.0 Å². The number of amides is 3. The van der Waals surface area contributed by atoms with Crippen LogP contribution in [-0.2, 0) is 11.3 Å². The Bertz CT molecular complexity index is 1210. The van der Waals surface area contributed by atoms with E-state index in [0.29, 0.717) is 27.2 Å². The third-order valence-electron chi connectivity index (χ3n) is 5.35. The molecule has 3 amide bonds. The molecular weight excluding hydrogens is 441 g/mol. The van der Waals surface area contributed by atoms with Crippen LogP contribution >= 0.6 is 23.2 Å². The van der Waals surface area contributed by atoms with Crippen LogP contribution in [0.3, 0.4) is 0 Å². The fourth-order valence-electron chi connectivity index (χ4n) is 4.06. The number of nitrogens with zero attached hydrogens (tertiary/aromatic N) is 2. The molecule has 0 aliphatic carbocycles. The molecule has 9 heteroatoms. The maximum atomic E-state index is 13.3. The van der Waals surface area contributed by atoms with Crippen LogP contribution < -0.4 is 4.90 Å². The van der Waals surface area contributed by atoms with Gasteiger partial charge in [-0.3, -0.25) is 4.79 Å². The second kappa shape index (κ2) is 7.90. The highest BCUT2D eigenvalue weighted by molar-refractivity contribution is 6.39. The molecule has 160 valence electrons.